The van der Waals surface area contributed by atoms with Gasteiger partial charge in [-0.2, -0.15) is 0 Å². The van der Waals surface area contributed by atoms with Gasteiger partial charge >= 0.3 is 5.97 Å². The van der Waals surface area contributed by atoms with Gasteiger partial charge in [-0.15, -0.1) is 0 Å². The number of hydrogen-bond donors (Lipinski definition) is 1. The van der Waals surface area contributed by atoms with E-state index >= 15 is 0 Å². The first-order chi connectivity index (χ1) is 6.04. The molecule has 1 N–H and O–H groups in total. The van der Waals surface area contributed by atoms with Gasteiger partial charge in [-0.1, -0.05) is 18.2 Å². The predicted octanol–water partition coefficient (Wildman–Crippen LogP) is 1.38. The Hall–Kier alpha value is -1.58. The third kappa shape index (κ3) is 25.1. The van der Waals surface area contributed by atoms with Gasteiger partial charge in [0.2, 0.25) is 0 Å². The number of methoxy groups -OCH3 is 1. The summed E-state index contributed by atoms with van der Waals surface area (Å²) in [6, 6.07) is 0. The minimum absolute atomic E-state index is 0.326. The van der Waals surface area contributed by atoms with E-state index in [1.54, 1.807) is 12.2 Å². The number of ether oxygens (including phenoxy) is 1. The topological polar surface area (TPSA) is 63.6 Å². The van der Waals surface area contributed by atoms with Crippen LogP contribution in [-0.2, 0) is 14.3 Å². The average molecular weight is 186 g/mol. The van der Waals surface area contributed by atoms with Crippen molar-refractivity contribution in [3.63, 3.8) is 0 Å². The Balaban J connectivity index is 0. The van der Waals surface area contributed by atoms with E-state index in [-0.39, 0.29) is 5.97 Å². The molecule has 0 aromatic heterocycles. The lowest BCUT2D eigenvalue weighted by Crippen LogP contribution is -1.92. The fourth-order valence-electron chi connectivity index (χ4n) is 0.313. The van der Waals surface area contributed by atoms with E-state index in [9.17, 15) is 4.79 Å². The van der Waals surface area contributed by atoms with Crippen molar-refractivity contribution in [2.45, 2.75) is 13.8 Å². The molecule has 0 aromatic rings. The van der Waals surface area contributed by atoms with Gasteiger partial charge in [-0.05, 0) is 6.92 Å². The molecule has 0 amide bonds. The smallest absolute Gasteiger partial charge is 0.330 e. The number of rotatable bonds is 2. The minimum atomic E-state index is -0.833. The van der Waals surface area contributed by atoms with Gasteiger partial charge in [0.25, 0.3) is 5.97 Å². The zero-order chi connectivity index (χ0) is 10.7. The molecule has 0 radical (unpaired) electrons. The van der Waals surface area contributed by atoms with Gasteiger partial charge in [-0.25, -0.2) is 4.79 Å². The molecule has 0 saturated carbocycles. The molecule has 4 nitrogen and oxygen atoms in total. The zero-order valence-electron chi connectivity index (χ0n) is 7.98. The van der Waals surface area contributed by atoms with Gasteiger partial charge in [0.05, 0.1) is 7.11 Å². The molecule has 0 bridgehead atoms. The summed E-state index contributed by atoms with van der Waals surface area (Å²) in [4.78, 5) is 19.3. The van der Waals surface area contributed by atoms with Crippen LogP contribution in [0.4, 0.5) is 0 Å². The van der Waals surface area contributed by atoms with E-state index in [2.05, 4.69) is 4.74 Å². The molecule has 74 valence electrons. The Kier molecular flexibility index (Phi) is 11.2. The molecule has 0 fully saturated rings. The van der Waals surface area contributed by atoms with Gasteiger partial charge in [0.1, 0.15) is 0 Å². The average Bonchev–Trinajstić information content (AvgIpc) is 2.03. The maximum atomic E-state index is 10.3. The first-order valence-corrected chi connectivity index (χ1v) is 3.61. The van der Waals surface area contributed by atoms with Crippen LogP contribution in [-0.4, -0.2) is 24.2 Å². The van der Waals surface area contributed by atoms with E-state index < -0.39 is 5.97 Å². The molecule has 0 aliphatic carbocycles. The van der Waals surface area contributed by atoms with Crippen molar-refractivity contribution in [1.82, 2.24) is 0 Å². The molecule has 0 aliphatic rings. The summed E-state index contributed by atoms with van der Waals surface area (Å²) < 4.78 is 4.34. The summed E-state index contributed by atoms with van der Waals surface area (Å²) in [5, 5.41) is 7.42. The second-order valence-electron chi connectivity index (χ2n) is 1.93. The van der Waals surface area contributed by atoms with E-state index in [1.165, 1.54) is 13.2 Å². The first kappa shape index (κ1) is 14.0. The summed E-state index contributed by atoms with van der Waals surface area (Å²) in [5.74, 6) is -1.16. The minimum Gasteiger partial charge on any atom is -0.481 e. The highest BCUT2D eigenvalue weighted by atomic mass is 16.5. The van der Waals surface area contributed by atoms with Crippen molar-refractivity contribution in [1.29, 1.82) is 0 Å². The quantitative estimate of drug-likeness (QED) is 0.402. The first-order valence-electron chi connectivity index (χ1n) is 3.61. The van der Waals surface area contributed by atoms with Crippen molar-refractivity contribution in [2.75, 3.05) is 7.11 Å². The van der Waals surface area contributed by atoms with Gasteiger partial charge in [-0.3, -0.25) is 4.79 Å². The van der Waals surface area contributed by atoms with Crippen LogP contribution in [0.25, 0.3) is 0 Å². The molecular formula is C9H14O4. The van der Waals surface area contributed by atoms with Crippen molar-refractivity contribution in [3.05, 3.63) is 24.3 Å². The number of esters is 1. The van der Waals surface area contributed by atoms with Crippen LogP contribution in [0.15, 0.2) is 24.3 Å². The lowest BCUT2D eigenvalue weighted by atomic mass is 10.4. The highest BCUT2D eigenvalue weighted by Crippen LogP contribution is 1.78. The number of carbonyl (C=O) groups excluding carboxylic acids is 1. The summed E-state index contributed by atoms with van der Waals surface area (Å²) in [7, 11) is 1.35. The molecule has 0 aliphatic heterocycles. The van der Waals surface area contributed by atoms with Crippen molar-refractivity contribution in [2.24, 2.45) is 0 Å². The number of carbonyl (C=O) groups is 2. The molecular weight excluding hydrogens is 172 g/mol. The normalized spacial score (nSPS) is 9.46. The monoisotopic (exact) mass is 186 g/mol. The standard InChI is InChI=1S/C7H10O2.C2H4O2/c1-3-4-5-6-7(8)9-2;1-2(3)4/h3-6H,1-2H3;1H3,(H,3,4)/b4-3+,6-5+;. The summed E-state index contributed by atoms with van der Waals surface area (Å²) in [5.41, 5.74) is 0. The Morgan fingerprint density at radius 2 is 1.77 bits per heavy atom. The van der Waals surface area contributed by atoms with Crippen LogP contribution < -0.4 is 0 Å². The third-order valence-electron chi connectivity index (χ3n) is 0.737. The van der Waals surface area contributed by atoms with E-state index in [1.807, 2.05) is 13.0 Å². The molecule has 0 saturated heterocycles. The number of aliphatic carboxylic acids is 1. The molecule has 0 heterocycles. The highest BCUT2D eigenvalue weighted by molar-refractivity contribution is 5.82. The predicted molar refractivity (Wildman–Crippen MR) is 49.3 cm³/mol. The van der Waals surface area contributed by atoms with Crippen LogP contribution in [0.2, 0.25) is 0 Å². The van der Waals surface area contributed by atoms with Crippen LogP contribution in [0.3, 0.4) is 0 Å². The maximum absolute atomic E-state index is 10.3. The zero-order valence-corrected chi connectivity index (χ0v) is 7.98. The van der Waals surface area contributed by atoms with Gasteiger partial charge in [0.15, 0.2) is 0 Å². The van der Waals surface area contributed by atoms with E-state index in [4.69, 9.17) is 9.90 Å². The molecule has 0 spiro atoms. The highest BCUT2D eigenvalue weighted by Gasteiger charge is 1.85. The second-order valence-corrected chi connectivity index (χ2v) is 1.93. The Bertz CT molecular complexity index is 200. The summed E-state index contributed by atoms with van der Waals surface area (Å²) in [6.07, 6.45) is 6.59. The fraction of sp³-hybridized carbons (Fsp3) is 0.333. The van der Waals surface area contributed by atoms with Crippen LogP contribution in [0.1, 0.15) is 13.8 Å². The largest absolute Gasteiger partial charge is 0.481 e. The fourth-order valence-corrected chi connectivity index (χ4v) is 0.313. The number of hydrogen-bond acceptors (Lipinski definition) is 3. The number of carboxylic acids is 1. The summed E-state index contributed by atoms with van der Waals surface area (Å²) in [6.45, 7) is 2.96. The lowest BCUT2D eigenvalue weighted by molar-refractivity contribution is -0.135. The van der Waals surface area contributed by atoms with Crippen molar-refractivity contribution in [3.8, 4) is 0 Å². The lowest BCUT2D eigenvalue weighted by Gasteiger charge is -1.85. The SMILES string of the molecule is C/C=C/C=C/C(=O)OC.CC(=O)O. The van der Waals surface area contributed by atoms with Gasteiger partial charge in [0, 0.05) is 13.0 Å². The molecule has 4 heteroatoms. The van der Waals surface area contributed by atoms with Crippen LogP contribution in [0.5, 0.6) is 0 Å². The van der Waals surface area contributed by atoms with E-state index in [0.29, 0.717) is 0 Å². The number of carboxylic acid groups (broad SMARTS) is 1. The van der Waals surface area contributed by atoms with Gasteiger partial charge < -0.3 is 9.84 Å². The molecule has 0 rings (SSSR count). The second kappa shape index (κ2) is 10.4. The van der Waals surface area contributed by atoms with Crippen LogP contribution in [0, 0.1) is 0 Å². The van der Waals surface area contributed by atoms with Crippen molar-refractivity contribution >= 4 is 11.9 Å². The molecule has 0 unspecified atom stereocenters. The molecule has 0 atom stereocenters. The third-order valence-corrected chi connectivity index (χ3v) is 0.737. The Morgan fingerprint density at radius 1 is 1.31 bits per heavy atom. The van der Waals surface area contributed by atoms with E-state index in [0.717, 1.165) is 6.92 Å². The van der Waals surface area contributed by atoms with Crippen LogP contribution >= 0.6 is 0 Å². The molecule has 0 aromatic carbocycles. The van der Waals surface area contributed by atoms with Crippen molar-refractivity contribution < 1.29 is 19.4 Å². The Labute approximate surface area is 77.5 Å². The summed E-state index contributed by atoms with van der Waals surface area (Å²) >= 11 is 0. The Morgan fingerprint density at radius 3 is 2.08 bits per heavy atom. The maximum Gasteiger partial charge on any atom is 0.330 e. The number of allylic oxidation sites excluding steroid dienone is 3. The molecule has 13 heavy (non-hydrogen) atoms.